The van der Waals surface area contributed by atoms with Crippen molar-refractivity contribution in [2.24, 2.45) is 0 Å². The van der Waals surface area contributed by atoms with E-state index < -0.39 is 58.4 Å². The molecule has 0 aliphatic carbocycles. The quantitative estimate of drug-likeness (QED) is 0.127. The second-order valence-corrected chi connectivity index (χ2v) is 11.4. The highest BCUT2D eigenvalue weighted by atomic mass is 16.6. The van der Waals surface area contributed by atoms with E-state index >= 15 is 0 Å². The minimum atomic E-state index is -1.65. The van der Waals surface area contributed by atoms with Gasteiger partial charge in [0.15, 0.2) is 0 Å². The van der Waals surface area contributed by atoms with Crippen molar-refractivity contribution in [3.8, 4) is 5.75 Å². The van der Waals surface area contributed by atoms with Crippen LogP contribution in [0.1, 0.15) is 49.2 Å². The van der Waals surface area contributed by atoms with E-state index in [9.17, 15) is 24.4 Å². The molecule has 5 atom stereocenters. The number of rotatable bonds is 7. The monoisotopic (exact) mass is 552 g/mol. The molecule has 3 heterocycles. The van der Waals surface area contributed by atoms with Gasteiger partial charge in [-0.25, -0.2) is 9.59 Å². The first kappa shape index (κ1) is 27.6. The normalized spacial score (nSPS) is 27.6. The largest absolute Gasteiger partial charge is 0.627 e. The van der Waals surface area contributed by atoms with Crippen LogP contribution in [0.2, 0.25) is 0 Å². The summed E-state index contributed by atoms with van der Waals surface area (Å²) in [5.41, 5.74) is -1.13. The van der Waals surface area contributed by atoms with Crippen LogP contribution in [0.3, 0.4) is 0 Å². The van der Waals surface area contributed by atoms with Crippen LogP contribution in [0.4, 0.5) is 10.5 Å². The first-order chi connectivity index (χ1) is 18.9. The van der Waals surface area contributed by atoms with Gasteiger partial charge < -0.3 is 33.6 Å². The molecule has 2 aromatic carbocycles. The van der Waals surface area contributed by atoms with E-state index in [0.29, 0.717) is 6.29 Å². The lowest BCUT2D eigenvalue weighted by atomic mass is 9.76. The number of quaternary nitrogens is 1. The van der Waals surface area contributed by atoms with Crippen LogP contribution in [0.15, 0.2) is 42.5 Å². The van der Waals surface area contributed by atoms with Gasteiger partial charge in [0, 0.05) is 13.0 Å². The molecule has 0 aromatic heterocycles. The predicted molar refractivity (Wildman–Crippen MR) is 142 cm³/mol. The predicted octanol–water partition coefficient (Wildman–Crippen LogP) is 3.24. The first-order valence-electron chi connectivity index (χ1n) is 13.0. The number of piperazine rings is 1. The molecule has 0 radical (unpaired) electrons. The maximum Gasteiger partial charge on any atom is 0.411 e. The fourth-order valence-electron chi connectivity index (χ4n) is 6.14. The molecule has 5 rings (SSSR count). The molecule has 2 aromatic rings. The number of fused-ring (bicyclic) bond motifs is 5. The van der Waals surface area contributed by atoms with Crippen molar-refractivity contribution in [2.75, 3.05) is 20.3 Å². The Morgan fingerprint density at radius 2 is 1.88 bits per heavy atom. The minimum Gasteiger partial charge on any atom is -0.627 e. The molecule has 11 nitrogen and oxygen atoms in total. The van der Waals surface area contributed by atoms with Gasteiger partial charge in [0.1, 0.15) is 66.6 Å². The highest BCUT2D eigenvalue weighted by Crippen LogP contribution is 2.62. The SMILES string of the molecule is COC(=O)c1cc(OCc2ccccc2)c2c(c1)[N+]1([O-])C[C@H]3[C@@H]([C@@H]1[C@@]2(C=O)COC(C)=O)N3C(=O)OC(C)(C)C. The zero-order valence-electron chi connectivity index (χ0n) is 23.0. The Hall–Kier alpha value is -3.96. The molecule has 1 unspecified atom stereocenters. The number of carbonyl (C=O) groups excluding carboxylic acids is 4. The Kier molecular flexibility index (Phi) is 6.62. The smallest absolute Gasteiger partial charge is 0.411 e. The molecule has 3 aliphatic heterocycles. The fraction of sp³-hybridized carbons (Fsp3) is 0.448. The number of benzene rings is 2. The lowest BCUT2D eigenvalue weighted by Gasteiger charge is -2.44. The van der Waals surface area contributed by atoms with Crippen LogP contribution in [0.5, 0.6) is 5.75 Å². The molecule has 212 valence electrons. The zero-order chi connectivity index (χ0) is 29.0. The molecular formula is C29H32N2O9. The Labute approximate surface area is 231 Å². The van der Waals surface area contributed by atoms with Crippen molar-refractivity contribution in [1.82, 2.24) is 9.55 Å². The Morgan fingerprint density at radius 3 is 2.48 bits per heavy atom. The number of carbonyl (C=O) groups is 4. The molecule has 11 heteroatoms. The van der Waals surface area contributed by atoms with Crippen molar-refractivity contribution in [3.63, 3.8) is 0 Å². The fourth-order valence-corrected chi connectivity index (χ4v) is 6.14. The number of nitrogens with zero attached hydrogens (tertiary/aromatic N) is 2. The Bertz CT molecular complexity index is 1370. The molecule has 0 saturated carbocycles. The average molecular weight is 553 g/mol. The summed E-state index contributed by atoms with van der Waals surface area (Å²) in [5, 5.41) is 14.7. The van der Waals surface area contributed by atoms with Crippen LogP contribution in [0, 0.1) is 5.21 Å². The van der Waals surface area contributed by atoms with Gasteiger partial charge >= 0.3 is 18.0 Å². The van der Waals surface area contributed by atoms with Gasteiger partial charge in [0.05, 0.1) is 18.2 Å². The van der Waals surface area contributed by atoms with Gasteiger partial charge in [0.25, 0.3) is 0 Å². The third-order valence-corrected chi connectivity index (χ3v) is 7.68. The third-order valence-electron chi connectivity index (χ3n) is 7.68. The lowest BCUT2D eigenvalue weighted by Crippen LogP contribution is -2.60. The first-order valence-corrected chi connectivity index (χ1v) is 13.0. The standard InChI is InChI=1S/C29H32N2O9/c1-17(33)39-16-29(15-32)23-21(31(36)13-20-24(25(29)31)30(20)27(35)40-28(2,3)4)11-19(26(34)37-5)12-22(23)38-14-18-9-7-6-8-10-18/h6-12,15,20,24-25H,13-14,16H2,1-5H3/t20-,24-,25+,29-,30?,31?/m0/s1. The number of methoxy groups -OCH3 is 1. The van der Waals surface area contributed by atoms with E-state index in [1.807, 2.05) is 30.3 Å². The molecule has 1 amide bonds. The molecule has 0 bridgehead atoms. The number of hydrogen-bond donors (Lipinski definition) is 0. The Balaban J connectivity index is 1.64. The summed E-state index contributed by atoms with van der Waals surface area (Å²) in [6.45, 7) is 6.01. The van der Waals surface area contributed by atoms with E-state index in [2.05, 4.69) is 0 Å². The molecule has 0 N–H and O–H groups in total. The van der Waals surface area contributed by atoms with Gasteiger partial charge in [-0.15, -0.1) is 0 Å². The maximum absolute atomic E-state index is 14.7. The second kappa shape index (κ2) is 9.60. The van der Waals surface area contributed by atoms with E-state index in [0.717, 1.165) is 5.56 Å². The highest BCUT2D eigenvalue weighted by Gasteiger charge is 2.78. The van der Waals surface area contributed by atoms with E-state index in [1.165, 1.54) is 31.1 Å². The number of ether oxygens (including phenoxy) is 4. The Morgan fingerprint density at radius 1 is 1.18 bits per heavy atom. The third kappa shape index (κ3) is 4.39. The van der Waals surface area contributed by atoms with Crippen LogP contribution in [-0.4, -0.2) is 73.2 Å². The molecule has 40 heavy (non-hydrogen) atoms. The zero-order valence-corrected chi connectivity index (χ0v) is 23.0. The van der Waals surface area contributed by atoms with Crippen molar-refractivity contribution in [2.45, 2.75) is 63.4 Å². The van der Waals surface area contributed by atoms with Crippen molar-refractivity contribution < 1.29 is 38.1 Å². The van der Waals surface area contributed by atoms with Gasteiger partial charge in [0.2, 0.25) is 0 Å². The number of hydroxylamine groups is 2. The number of esters is 2. The average Bonchev–Trinajstić information content (AvgIpc) is 3.42. The minimum absolute atomic E-state index is 0.0695. The van der Waals surface area contributed by atoms with Gasteiger partial charge in [-0.1, -0.05) is 30.3 Å². The summed E-state index contributed by atoms with van der Waals surface area (Å²) in [6.07, 6.45) is 0.0196. The number of aldehydes is 1. The molecule has 2 fully saturated rings. The van der Waals surface area contributed by atoms with Crippen molar-refractivity contribution in [3.05, 3.63) is 64.4 Å². The van der Waals surface area contributed by atoms with E-state index in [1.54, 1.807) is 20.8 Å². The topological polar surface area (TPSA) is 131 Å². The summed E-state index contributed by atoms with van der Waals surface area (Å²) in [6, 6.07) is 9.91. The van der Waals surface area contributed by atoms with Gasteiger partial charge in [-0.05, 0) is 32.4 Å². The second-order valence-electron chi connectivity index (χ2n) is 11.4. The van der Waals surface area contributed by atoms with Gasteiger partial charge in [-0.3, -0.25) is 9.69 Å². The van der Waals surface area contributed by atoms with Crippen LogP contribution in [0.25, 0.3) is 0 Å². The summed E-state index contributed by atoms with van der Waals surface area (Å²) in [7, 11) is 1.23. The summed E-state index contributed by atoms with van der Waals surface area (Å²) >= 11 is 0. The van der Waals surface area contributed by atoms with E-state index in [4.69, 9.17) is 18.9 Å². The van der Waals surface area contributed by atoms with Crippen molar-refractivity contribution >= 4 is 30.0 Å². The number of hydrogen-bond acceptors (Lipinski definition) is 9. The molecule has 2 saturated heterocycles. The summed E-state index contributed by atoms with van der Waals surface area (Å²) in [4.78, 5) is 52.2. The molecule has 0 spiro atoms. The van der Waals surface area contributed by atoms with Gasteiger partial charge in [-0.2, -0.15) is 0 Å². The van der Waals surface area contributed by atoms with Crippen molar-refractivity contribution in [1.29, 1.82) is 0 Å². The van der Waals surface area contributed by atoms with Crippen LogP contribution < -0.4 is 9.38 Å². The van der Waals surface area contributed by atoms with Crippen LogP contribution in [-0.2, 0) is 35.8 Å². The highest BCUT2D eigenvalue weighted by molar-refractivity contribution is 5.94. The molecule has 3 aliphatic rings. The number of amides is 1. The maximum atomic E-state index is 14.7. The molecular weight excluding hydrogens is 520 g/mol. The van der Waals surface area contributed by atoms with Crippen LogP contribution >= 0.6 is 0 Å². The lowest BCUT2D eigenvalue weighted by molar-refractivity contribution is -0.144. The summed E-state index contributed by atoms with van der Waals surface area (Å²) < 4.78 is 21.1. The van der Waals surface area contributed by atoms with E-state index in [-0.39, 0.29) is 35.7 Å². The summed E-state index contributed by atoms with van der Waals surface area (Å²) in [5.74, 6) is -1.19.